The van der Waals surface area contributed by atoms with E-state index in [1.807, 2.05) is 27.8 Å². The Morgan fingerprint density at radius 3 is 2.65 bits per heavy atom. The number of carboxylic acid groups (broad SMARTS) is 1. The lowest BCUT2D eigenvalue weighted by atomic mass is 9.97. The van der Waals surface area contributed by atoms with Crippen LogP contribution in [0, 0.1) is 6.92 Å². The summed E-state index contributed by atoms with van der Waals surface area (Å²) in [6.45, 7) is 7.89. The Morgan fingerprint density at radius 2 is 2.10 bits per heavy atom. The molecule has 0 aliphatic carbocycles. The van der Waals surface area contributed by atoms with Crippen LogP contribution >= 0.6 is 11.3 Å². The highest BCUT2D eigenvalue weighted by Gasteiger charge is 2.40. The summed E-state index contributed by atoms with van der Waals surface area (Å²) >= 11 is 1.29. The van der Waals surface area contributed by atoms with Crippen molar-refractivity contribution in [3.63, 3.8) is 0 Å². The van der Waals surface area contributed by atoms with Crippen molar-refractivity contribution in [3.05, 3.63) is 21.4 Å². The molecule has 1 fully saturated rings. The van der Waals surface area contributed by atoms with Crippen LogP contribution in [-0.2, 0) is 11.3 Å². The fraction of sp³-hybridized carbons (Fsp3) is 0.571. The number of carbonyl (C=O) groups excluding carboxylic acids is 1. The number of thiophene rings is 1. The smallest absolute Gasteiger partial charge is 0.345 e. The Labute approximate surface area is 122 Å². The maximum absolute atomic E-state index is 12.2. The first-order valence-corrected chi connectivity index (χ1v) is 7.38. The van der Waals surface area contributed by atoms with Gasteiger partial charge in [-0.25, -0.2) is 4.79 Å². The highest BCUT2D eigenvalue weighted by atomic mass is 32.1. The van der Waals surface area contributed by atoms with E-state index in [4.69, 9.17) is 5.11 Å². The highest BCUT2D eigenvalue weighted by molar-refractivity contribution is 7.14. The molecule has 6 heteroatoms. The molecule has 1 aromatic heterocycles. The van der Waals surface area contributed by atoms with Gasteiger partial charge < -0.3 is 10.0 Å². The van der Waals surface area contributed by atoms with Gasteiger partial charge in [-0.15, -0.1) is 11.3 Å². The van der Waals surface area contributed by atoms with Gasteiger partial charge in [-0.3, -0.25) is 9.69 Å². The van der Waals surface area contributed by atoms with Gasteiger partial charge in [0.2, 0.25) is 5.91 Å². The number of hydrogen-bond acceptors (Lipinski definition) is 4. The van der Waals surface area contributed by atoms with E-state index in [2.05, 4.69) is 4.90 Å². The van der Waals surface area contributed by atoms with Crippen LogP contribution in [0.25, 0.3) is 0 Å². The first-order valence-electron chi connectivity index (χ1n) is 6.56. The third-order valence-electron chi connectivity index (χ3n) is 3.96. The number of nitrogens with zero attached hydrogens (tertiary/aromatic N) is 2. The molecule has 5 nitrogen and oxygen atoms in total. The second kappa shape index (κ2) is 5.18. The zero-order chi connectivity index (χ0) is 15.1. The molecule has 0 radical (unpaired) electrons. The zero-order valence-electron chi connectivity index (χ0n) is 12.3. The number of rotatable bonds is 3. The Balaban J connectivity index is 2.21. The molecule has 0 unspecified atom stereocenters. The van der Waals surface area contributed by atoms with Gasteiger partial charge in [-0.1, -0.05) is 0 Å². The summed E-state index contributed by atoms with van der Waals surface area (Å²) in [5, 5.41) is 9.04. The van der Waals surface area contributed by atoms with Crippen molar-refractivity contribution in [1.29, 1.82) is 0 Å². The summed E-state index contributed by atoms with van der Waals surface area (Å²) in [6, 6.07) is 1.72. The first-order chi connectivity index (χ1) is 9.23. The van der Waals surface area contributed by atoms with Crippen LogP contribution in [-0.4, -0.2) is 52.5 Å². The van der Waals surface area contributed by atoms with E-state index < -0.39 is 11.5 Å². The van der Waals surface area contributed by atoms with E-state index in [1.54, 1.807) is 11.0 Å². The number of carbonyl (C=O) groups is 2. The average molecular weight is 296 g/mol. The van der Waals surface area contributed by atoms with Crippen molar-refractivity contribution in [1.82, 2.24) is 9.80 Å². The van der Waals surface area contributed by atoms with Crippen LogP contribution in [0.4, 0.5) is 0 Å². The van der Waals surface area contributed by atoms with Gasteiger partial charge in [0.25, 0.3) is 0 Å². The Hall–Kier alpha value is -1.40. The predicted molar refractivity (Wildman–Crippen MR) is 78.1 cm³/mol. The van der Waals surface area contributed by atoms with Crippen LogP contribution in [0.2, 0.25) is 0 Å². The van der Waals surface area contributed by atoms with Gasteiger partial charge in [0.05, 0.1) is 5.54 Å². The molecule has 1 aliphatic rings. The van der Waals surface area contributed by atoms with E-state index in [1.165, 1.54) is 11.3 Å². The van der Waals surface area contributed by atoms with Crippen LogP contribution in [0.15, 0.2) is 6.07 Å². The molecule has 0 aromatic carbocycles. The van der Waals surface area contributed by atoms with E-state index in [9.17, 15) is 9.59 Å². The molecule has 110 valence electrons. The number of likely N-dealkylation sites (N-methyl/N-ethyl adjacent to an activating group) is 1. The molecule has 20 heavy (non-hydrogen) atoms. The van der Waals surface area contributed by atoms with E-state index in [0.29, 0.717) is 18.0 Å². The number of piperazine rings is 1. The maximum atomic E-state index is 12.2. The number of aromatic carboxylic acids is 1. The molecule has 2 rings (SSSR count). The van der Waals surface area contributed by atoms with E-state index in [-0.39, 0.29) is 5.91 Å². The number of carboxylic acids is 1. The molecule has 2 heterocycles. The lowest BCUT2D eigenvalue weighted by molar-refractivity contribution is -0.147. The third kappa shape index (κ3) is 2.58. The first kappa shape index (κ1) is 15.0. The summed E-state index contributed by atoms with van der Waals surface area (Å²) in [6.07, 6.45) is 0. The second-order valence-corrected chi connectivity index (χ2v) is 6.96. The van der Waals surface area contributed by atoms with Crippen molar-refractivity contribution in [2.24, 2.45) is 0 Å². The van der Waals surface area contributed by atoms with Crippen molar-refractivity contribution in [2.45, 2.75) is 32.9 Å². The maximum Gasteiger partial charge on any atom is 0.345 e. The Morgan fingerprint density at radius 1 is 1.45 bits per heavy atom. The van der Waals surface area contributed by atoms with Crippen LogP contribution in [0.3, 0.4) is 0 Å². The standard InChI is InChI=1S/C14H20N2O3S/c1-9-10(7-11(20-9)12(17)18)8-16-6-5-15(4)13(19)14(16,2)3/h7H,5-6,8H2,1-4H3,(H,17,18). The molecular weight excluding hydrogens is 276 g/mol. The molecule has 0 saturated carbocycles. The fourth-order valence-electron chi connectivity index (χ4n) is 2.52. The van der Waals surface area contributed by atoms with Gasteiger partial charge in [-0.05, 0) is 32.4 Å². The van der Waals surface area contributed by atoms with Crippen molar-refractivity contribution >= 4 is 23.2 Å². The summed E-state index contributed by atoms with van der Waals surface area (Å²) in [5.74, 6) is -0.784. The summed E-state index contributed by atoms with van der Waals surface area (Å²) in [4.78, 5) is 28.5. The van der Waals surface area contributed by atoms with Gasteiger partial charge in [0.1, 0.15) is 4.88 Å². The molecule has 0 bridgehead atoms. The van der Waals surface area contributed by atoms with Gasteiger partial charge in [0, 0.05) is 31.6 Å². The van der Waals surface area contributed by atoms with Gasteiger partial charge in [0.15, 0.2) is 0 Å². The Kier molecular flexibility index (Phi) is 3.88. The average Bonchev–Trinajstić information content (AvgIpc) is 2.73. The van der Waals surface area contributed by atoms with Crippen molar-refractivity contribution in [3.8, 4) is 0 Å². The minimum absolute atomic E-state index is 0.107. The molecule has 1 amide bonds. The van der Waals surface area contributed by atoms with Crippen LogP contribution < -0.4 is 0 Å². The van der Waals surface area contributed by atoms with Gasteiger partial charge in [-0.2, -0.15) is 0 Å². The van der Waals surface area contributed by atoms with Crippen LogP contribution in [0.5, 0.6) is 0 Å². The SMILES string of the molecule is Cc1sc(C(=O)O)cc1CN1CCN(C)C(=O)C1(C)C. The highest BCUT2D eigenvalue weighted by Crippen LogP contribution is 2.28. The molecule has 1 aromatic rings. The van der Waals surface area contributed by atoms with Crippen molar-refractivity contribution in [2.75, 3.05) is 20.1 Å². The van der Waals surface area contributed by atoms with Gasteiger partial charge >= 0.3 is 5.97 Å². The molecule has 0 atom stereocenters. The predicted octanol–water partition coefficient (Wildman–Crippen LogP) is 1.81. The normalized spacial score (nSPS) is 19.4. The number of hydrogen-bond donors (Lipinski definition) is 1. The zero-order valence-corrected chi connectivity index (χ0v) is 13.1. The summed E-state index contributed by atoms with van der Waals surface area (Å²) < 4.78 is 0. The monoisotopic (exact) mass is 296 g/mol. The molecular formula is C14H20N2O3S. The largest absolute Gasteiger partial charge is 0.477 e. The Bertz CT molecular complexity index is 551. The van der Waals surface area contributed by atoms with Crippen LogP contribution in [0.1, 0.15) is 34.0 Å². The number of aryl methyl sites for hydroxylation is 1. The minimum Gasteiger partial charge on any atom is -0.477 e. The minimum atomic E-state index is -0.891. The second-order valence-electron chi connectivity index (χ2n) is 5.70. The lowest BCUT2D eigenvalue weighted by Crippen LogP contribution is -2.61. The molecule has 0 spiro atoms. The molecule has 1 N–H and O–H groups in total. The topological polar surface area (TPSA) is 60.9 Å². The summed E-state index contributed by atoms with van der Waals surface area (Å²) in [5.41, 5.74) is 0.447. The lowest BCUT2D eigenvalue weighted by Gasteiger charge is -2.44. The van der Waals surface area contributed by atoms with E-state index >= 15 is 0 Å². The number of amides is 1. The summed E-state index contributed by atoms with van der Waals surface area (Å²) in [7, 11) is 1.82. The molecule has 1 aliphatic heterocycles. The quantitative estimate of drug-likeness (QED) is 0.924. The fourth-order valence-corrected chi connectivity index (χ4v) is 3.39. The third-order valence-corrected chi connectivity index (χ3v) is 5.04. The molecule has 1 saturated heterocycles. The van der Waals surface area contributed by atoms with E-state index in [0.717, 1.165) is 17.0 Å². The van der Waals surface area contributed by atoms with Crippen molar-refractivity contribution < 1.29 is 14.7 Å².